The summed E-state index contributed by atoms with van der Waals surface area (Å²) in [6, 6.07) is 26.4. The molecule has 0 aliphatic carbocycles. The third-order valence-corrected chi connectivity index (χ3v) is 5.00. The van der Waals surface area contributed by atoms with Crippen LogP contribution in [0.1, 0.15) is 5.56 Å². The maximum Gasteiger partial charge on any atom is 0.184 e. The molecule has 3 aromatic carbocycles. The van der Waals surface area contributed by atoms with Crippen molar-refractivity contribution < 1.29 is 4.74 Å². The van der Waals surface area contributed by atoms with Gasteiger partial charge in [-0.3, -0.25) is 4.57 Å². The number of aromatic nitrogens is 4. The lowest BCUT2D eigenvalue weighted by molar-refractivity contribution is 0.415. The third kappa shape index (κ3) is 3.06. The maximum absolute atomic E-state index is 5.30. The van der Waals surface area contributed by atoms with Gasteiger partial charge in [0.2, 0.25) is 0 Å². The van der Waals surface area contributed by atoms with E-state index in [0.29, 0.717) is 0 Å². The van der Waals surface area contributed by atoms with Gasteiger partial charge >= 0.3 is 0 Å². The molecule has 0 fully saturated rings. The van der Waals surface area contributed by atoms with E-state index in [9.17, 15) is 0 Å². The highest BCUT2D eigenvalue weighted by molar-refractivity contribution is 5.81. The van der Waals surface area contributed by atoms with Crippen LogP contribution >= 0.6 is 0 Å². The number of fused-ring (bicyclic) bond motifs is 1. The first-order valence-electron chi connectivity index (χ1n) is 9.48. The number of hydrogen-bond donors (Lipinski definition) is 1. The molecule has 0 amide bonds. The topological polar surface area (TPSA) is 55.7 Å². The summed E-state index contributed by atoms with van der Waals surface area (Å²) in [5, 5.41) is 0. The minimum Gasteiger partial charge on any atom is -0.497 e. The molecule has 5 rings (SSSR count). The highest BCUT2D eigenvalue weighted by Gasteiger charge is 2.18. The molecular formula is C24H20N4O. The summed E-state index contributed by atoms with van der Waals surface area (Å²) < 4.78 is 7.39. The first-order valence-corrected chi connectivity index (χ1v) is 9.48. The van der Waals surface area contributed by atoms with Gasteiger partial charge in [-0.15, -0.1) is 0 Å². The van der Waals surface area contributed by atoms with E-state index < -0.39 is 0 Å². The second-order valence-corrected chi connectivity index (χ2v) is 6.96. The standard InChI is InChI=1S/C24H20N4O/c1-16-8-12-19(13-9-16)28-23(18-10-14-20(29-2)15-11-18)27-22-24(28)26-21(25-22)17-6-4-3-5-7-17/h3-15H,1-2H3,(H,25,26). The molecule has 1 N–H and O–H groups in total. The Morgan fingerprint density at radius 1 is 0.793 bits per heavy atom. The van der Waals surface area contributed by atoms with Gasteiger partial charge < -0.3 is 9.72 Å². The summed E-state index contributed by atoms with van der Waals surface area (Å²) in [5.74, 6) is 2.47. The Morgan fingerprint density at radius 2 is 1.52 bits per heavy atom. The van der Waals surface area contributed by atoms with Gasteiger partial charge in [-0.25, -0.2) is 9.97 Å². The molecule has 2 aromatic heterocycles. The molecule has 0 aliphatic rings. The fourth-order valence-electron chi connectivity index (χ4n) is 3.45. The Balaban J connectivity index is 1.72. The Kier molecular flexibility index (Phi) is 4.13. The largest absolute Gasteiger partial charge is 0.497 e. The van der Waals surface area contributed by atoms with E-state index in [0.717, 1.165) is 45.5 Å². The van der Waals surface area contributed by atoms with Crippen LogP contribution in [0.2, 0.25) is 0 Å². The zero-order valence-corrected chi connectivity index (χ0v) is 16.3. The normalized spacial score (nSPS) is 11.1. The minimum absolute atomic E-state index is 0.759. The average Bonchev–Trinajstić information content (AvgIpc) is 3.33. The van der Waals surface area contributed by atoms with Gasteiger partial charge in [0.25, 0.3) is 0 Å². The summed E-state index contributed by atoms with van der Waals surface area (Å²) in [5.41, 5.74) is 5.83. The molecule has 0 bridgehead atoms. The number of rotatable bonds is 4. The fraction of sp³-hybridized carbons (Fsp3) is 0.0833. The van der Waals surface area contributed by atoms with Crippen LogP contribution in [0.3, 0.4) is 0 Å². The van der Waals surface area contributed by atoms with Crippen molar-refractivity contribution in [2.75, 3.05) is 7.11 Å². The van der Waals surface area contributed by atoms with Crippen molar-refractivity contribution in [3.63, 3.8) is 0 Å². The number of ether oxygens (including phenoxy) is 1. The van der Waals surface area contributed by atoms with Crippen molar-refractivity contribution in [1.82, 2.24) is 19.5 Å². The van der Waals surface area contributed by atoms with Crippen LogP contribution in [0, 0.1) is 6.92 Å². The van der Waals surface area contributed by atoms with Gasteiger partial charge in [-0.05, 0) is 43.3 Å². The first kappa shape index (κ1) is 17.3. The summed E-state index contributed by atoms with van der Waals surface area (Å²) in [6.45, 7) is 2.08. The molecule has 29 heavy (non-hydrogen) atoms. The van der Waals surface area contributed by atoms with E-state index in [2.05, 4.69) is 40.7 Å². The van der Waals surface area contributed by atoms with Crippen molar-refractivity contribution in [2.45, 2.75) is 6.92 Å². The number of nitrogens with one attached hydrogen (secondary N) is 1. The second-order valence-electron chi connectivity index (χ2n) is 6.96. The number of hydrogen-bond acceptors (Lipinski definition) is 3. The lowest BCUT2D eigenvalue weighted by Gasteiger charge is -2.09. The second kappa shape index (κ2) is 6.95. The molecule has 142 valence electrons. The van der Waals surface area contributed by atoms with Gasteiger partial charge in [0.1, 0.15) is 17.4 Å². The number of nitrogens with zero attached hydrogens (tertiary/aromatic N) is 3. The molecule has 0 spiro atoms. The number of aromatic amines is 1. The molecule has 5 aromatic rings. The summed E-state index contributed by atoms with van der Waals surface area (Å²) in [4.78, 5) is 13.1. The monoisotopic (exact) mass is 380 g/mol. The number of methoxy groups -OCH3 is 1. The van der Waals surface area contributed by atoms with Gasteiger partial charge in [0, 0.05) is 16.8 Å². The maximum atomic E-state index is 5.30. The van der Waals surface area contributed by atoms with Gasteiger partial charge in [0.05, 0.1) is 7.11 Å². The van der Waals surface area contributed by atoms with Crippen LogP contribution in [0.5, 0.6) is 5.75 Å². The Morgan fingerprint density at radius 3 is 2.21 bits per heavy atom. The predicted molar refractivity (Wildman–Crippen MR) is 115 cm³/mol. The SMILES string of the molecule is COc1ccc(-c2nc3[nH]c(-c4ccccc4)nc3n2-c2ccc(C)cc2)cc1. The predicted octanol–water partition coefficient (Wildman–Crippen LogP) is 5.40. The molecule has 0 saturated heterocycles. The van der Waals surface area contributed by atoms with E-state index in [4.69, 9.17) is 14.7 Å². The number of aryl methyl sites for hydroxylation is 1. The van der Waals surface area contributed by atoms with Crippen LogP contribution in [0.25, 0.3) is 39.8 Å². The zero-order chi connectivity index (χ0) is 19.8. The quantitative estimate of drug-likeness (QED) is 0.454. The number of benzene rings is 3. The van der Waals surface area contributed by atoms with Crippen molar-refractivity contribution in [1.29, 1.82) is 0 Å². The lowest BCUT2D eigenvalue weighted by Crippen LogP contribution is -1.99. The summed E-state index contributed by atoms with van der Waals surface area (Å²) >= 11 is 0. The van der Waals surface area contributed by atoms with Gasteiger partial charge in [0.15, 0.2) is 11.3 Å². The smallest absolute Gasteiger partial charge is 0.184 e. The van der Waals surface area contributed by atoms with Crippen molar-refractivity contribution >= 4 is 11.3 Å². The molecule has 5 heteroatoms. The van der Waals surface area contributed by atoms with E-state index in [-0.39, 0.29) is 0 Å². The van der Waals surface area contributed by atoms with Crippen molar-refractivity contribution in [2.24, 2.45) is 0 Å². The Labute approximate surface area is 168 Å². The number of imidazole rings is 2. The zero-order valence-electron chi connectivity index (χ0n) is 16.3. The molecule has 0 saturated carbocycles. The average molecular weight is 380 g/mol. The molecule has 0 radical (unpaired) electrons. The Hall–Kier alpha value is -3.86. The first-order chi connectivity index (χ1) is 14.2. The van der Waals surface area contributed by atoms with Crippen molar-refractivity contribution in [3.05, 3.63) is 84.4 Å². The molecule has 0 atom stereocenters. The van der Waals surface area contributed by atoms with E-state index >= 15 is 0 Å². The molecule has 0 aliphatic heterocycles. The highest BCUT2D eigenvalue weighted by atomic mass is 16.5. The number of H-pyrrole nitrogens is 1. The molecule has 0 unspecified atom stereocenters. The van der Waals surface area contributed by atoms with Crippen LogP contribution in [0.15, 0.2) is 78.9 Å². The van der Waals surface area contributed by atoms with Crippen molar-refractivity contribution in [3.8, 4) is 34.2 Å². The molecule has 5 nitrogen and oxygen atoms in total. The van der Waals surface area contributed by atoms with Gasteiger partial charge in [-0.2, -0.15) is 0 Å². The van der Waals surface area contributed by atoms with E-state index in [1.54, 1.807) is 7.11 Å². The summed E-state index contributed by atoms with van der Waals surface area (Å²) in [6.07, 6.45) is 0. The third-order valence-electron chi connectivity index (χ3n) is 5.00. The summed E-state index contributed by atoms with van der Waals surface area (Å²) in [7, 11) is 1.67. The minimum atomic E-state index is 0.759. The lowest BCUT2D eigenvalue weighted by atomic mass is 10.2. The molecule has 2 heterocycles. The molecular weight excluding hydrogens is 360 g/mol. The van der Waals surface area contributed by atoms with E-state index in [1.165, 1.54) is 5.56 Å². The fourth-order valence-corrected chi connectivity index (χ4v) is 3.45. The Bertz CT molecular complexity index is 1270. The highest BCUT2D eigenvalue weighted by Crippen LogP contribution is 2.30. The van der Waals surface area contributed by atoms with Gasteiger partial charge in [-0.1, -0.05) is 48.0 Å². The van der Waals surface area contributed by atoms with Crippen LogP contribution in [-0.4, -0.2) is 26.6 Å². The van der Waals surface area contributed by atoms with E-state index in [1.807, 2.05) is 54.6 Å². The van der Waals surface area contributed by atoms with Crippen LogP contribution in [0.4, 0.5) is 0 Å². The van der Waals surface area contributed by atoms with Crippen LogP contribution < -0.4 is 4.74 Å². The van der Waals surface area contributed by atoms with Crippen LogP contribution in [-0.2, 0) is 0 Å².